The van der Waals surface area contributed by atoms with Gasteiger partial charge < -0.3 is 9.90 Å². The van der Waals surface area contributed by atoms with Crippen molar-refractivity contribution < 1.29 is 9.90 Å². The molecule has 2 aliphatic carbocycles. The van der Waals surface area contributed by atoms with E-state index in [0.717, 1.165) is 25.0 Å². The van der Waals surface area contributed by atoms with E-state index in [1.165, 1.54) is 32.1 Å². The molecule has 2 fully saturated rings. The lowest BCUT2D eigenvalue weighted by atomic mass is 9.70. The van der Waals surface area contributed by atoms with Gasteiger partial charge in [-0.1, -0.05) is 32.1 Å². The van der Waals surface area contributed by atoms with Gasteiger partial charge in [0, 0.05) is 5.92 Å². The molecule has 2 aliphatic rings. The van der Waals surface area contributed by atoms with Gasteiger partial charge in [0.05, 0.1) is 6.10 Å². The van der Waals surface area contributed by atoms with E-state index >= 15 is 0 Å². The number of rotatable bonds is 2. The maximum atomic E-state index is 10.8. The van der Waals surface area contributed by atoms with Gasteiger partial charge in [0.1, 0.15) is 6.29 Å². The number of carbonyl (C=O) groups excluding carboxylic acids is 1. The van der Waals surface area contributed by atoms with Gasteiger partial charge in [-0.25, -0.2) is 0 Å². The summed E-state index contributed by atoms with van der Waals surface area (Å²) in [6, 6.07) is 0. The molecule has 86 valence electrons. The molecule has 2 rings (SSSR count). The lowest BCUT2D eigenvalue weighted by molar-refractivity contribution is -0.114. The summed E-state index contributed by atoms with van der Waals surface area (Å²) in [7, 11) is 0. The average molecular weight is 210 g/mol. The first-order valence-corrected chi connectivity index (χ1v) is 6.43. The van der Waals surface area contributed by atoms with Crippen LogP contribution in [0.25, 0.3) is 0 Å². The van der Waals surface area contributed by atoms with E-state index in [-0.39, 0.29) is 12.0 Å². The third-order valence-electron chi connectivity index (χ3n) is 4.26. The zero-order valence-corrected chi connectivity index (χ0v) is 9.40. The third-order valence-corrected chi connectivity index (χ3v) is 4.26. The van der Waals surface area contributed by atoms with Gasteiger partial charge in [-0.05, 0) is 31.1 Å². The largest absolute Gasteiger partial charge is 0.393 e. The van der Waals surface area contributed by atoms with Crippen LogP contribution in [0, 0.1) is 17.8 Å². The Balaban J connectivity index is 1.92. The van der Waals surface area contributed by atoms with Crippen LogP contribution in [-0.4, -0.2) is 17.5 Å². The Hall–Kier alpha value is -0.370. The molecule has 3 unspecified atom stereocenters. The normalized spacial score (nSPS) is 38.9. The first-order valence-electron chi connectivity index (χ1n) is 6.43. The minimum Gasteiger partial charge on any atom is -0.393 e. The van der Waals surface area contributed by atoms with Crippen LogP contribution >= 0.6 is 0 Å². The molecule has 0 heterocycles. The van der Waals surface area contributed by atoms with Crippen LogP contribution in [0.15, 0.2) is 0 Å². The SMILES string of the molecule is O=CC1CC(O)CC(C2CCCCC2)C1. The van der Waals surface area contributed by atoms with E-state index in [1.807, 2.05) is 0 Å². The molecule has 2 nitrogen and oxygen atoms in total. The van der Waals surface area contributed by atoms with Crippen LogP contribution in [0.5, 0.6) is 0 Å². The van der Waals surface area contributed by atoms with Gasteiger partial charge in [0.2, 0.25) is 0 Å². The van der Waals surface area contributed by atoms with Gasteiger partial charge in [-0.3, -0.25) is 0 Å². The van der Waals surface area contributed by atoms with E-state index < -0.39 is 0 Å². The van der Waals surface area contributed by atoms with Gasteiger partial charge in [0.15, 0.2) is 0 Å². The molecule has 2 saturated carbocycles. The van der Waals surface area contributed by atoms with Crippen molar-refractivity contribution in [2.75, 3.05) is 0 Å². The van der Waals surface area contributed by atoms with Crippen molar-refractivity contribution in [3.05, 3.63) is 0 Å². The molecule has 0 spiro atoms. The number of hydrogen-bond donors (Lipinski definition) is 1. The van der Waals surface area contributed by atoms with Crippen molar-refractivity contribution in [1.29, 1.82) is 0 Å². The van der Waals surface area contributed by atoms with Crippen LogP contribution in [0.4, 0.5) is 0 Å². The molecule has 0 bridgehead atoms. The summed E-state index contributed by atoms with van der Waals surface area (Å²) < 4.78 is 0. The summed E-state index contributed by atoms with van der Waals surface area (Å²) in [6.07, 6.45) is 10.2. The zero-order chi connectivity index (χ0) is 10.7. The smallest absolute Gasteiger partial charge is 0.123 e. The Morgan fingerprint density at radius 1 is 0.933 bits per heavy atom. The number of aliphatic hydroxyl groups excluding tert-OH is 1. The second-order valence-electron chi connectivity index (χ2n) is 5.42. The topological polar surface area (TPSA) is 37.3 Å². The molecule has 0 amide bonds. The zero-order valence-electron chi connectivity index (χ0n) is 9.40. The second-order valence-corrected chi connectivity index (χ2v) is 5.42. The van der Waals surface area contributed by atoms with E-state index in [1.54, 1.807) is 0 Å². The summed E-state index contributed by atoms with van der Waals surface area (Å²) in [5.41, 5.74) is 0. The second kappa shape index (κ2) is 5.11. The lowest BCUT2D eigenvalue weighted by Gasteiger charge is -2.37. The van der Waals surface area contributed by atoms with Gasteiger partial charge in [-0.15, -0.1) is 0 Å². The Kier molecular flexibility index (Phi) is 3.79. The number of aliphatic hydroxyl groups is 1. The molecule has 0 aromatic rings. The standard InChI is InChI=1S/C13H22O2/c14-9-10-6-12(8-13(15)7-10)11-4-2-1-3-5-11/h9-13,15H,1-8H2. The Labute approximate surface area is 92.1 Å². The highest BCUT2D eigenvalue weighted by Crippen LogP contribution is 2.39. The molecule has 2 heteroatoms. The number of carbonyl (C=O) groups is 1. The predicted molar refractivity (Wildman–Crippen MR) is 59.5 cm³/mol. The van der Waals surface area contributed by atoms with Crippen molar-refractivity contribution in [1.82, 2.24) is 0 Å². The van der Waals surface area contributed by atoms with Crippen molar-refractivity contribution in [3.63, 3.8) is 0 Å². The molecule has 0 aliphatic heterocycles. The molecule has 3 atom stereocenters. The minimum atomic E-state index is -0.221. The Morgan fingerprint density at radius 2 is 1.67 bits per heavy atom. The van der Waals surface area contributed by atoms with Crippen molar-refractivity contribution >= 4 is 6.29 Å². The predicted octanol–water partition coefficient (Wildman–Crippen LogP) is 2.54. The molecule has 0 aromatic heterocycles. The van der Waals surface area contributed by atoms with Crippen molar-refractivity contribution in [3.8, 4) is 0 Å². The monoisotopic (exact) mass is 210 g/mol. The van der Waals surface area contributed by atoms with E-state index in [2.05, 4.69) is 0 Å². The molecular weight excluding hydrogens is 188 g/mol. The summed E-state index contributed by atoms with van der Waals surface area (Å²) in [5.74, 6) is 1.53. The van der Waals surface area contributed by atoms with Gasteiger partial charge >= 0.3 is 0 Å². The molecule has 0 saturated heterocycles. The fraction of sp³-hybridized carbons (Fsp3) is 0.923. The molecule has 1 N–H and O–H groups in total. The van der Waals surface area contributed by atoms with Gasteiger partial charge in [0.25, 0.3) is 0 Å². The van der Waals surface area contributed by atoms with Crippen LogP contribution in [0.3, 0.4) is 0 Å². The molecule has 15 heavy (non-hydrogen) atoms. The Morgan fingerprint density at radius 3 is 2.33 bits per heavy atom. The van der Waals surface area contributed by atoms with Gasteiger partial charge in [-0.2, -0.15) is 0 Å². The molecular formula is C13H22O2. The average Bonchev–Trinajstić information content (AvgIpc) is 2.29. The quantitative estimate of drug-likeness (QED) is 0.711. The first kappa shape index (κ1) is 11.1. The number of hydrogen-bond acceptors (Lipinski definition) is 2. The van der Waals surface area contributed by atoms with Crippen LogP contribution in [0.2, 0.25) is 0 Å². The highest BCUT2D eigenvalue weighted by molar-refractivity contribution is 5.53. The molecule has 0 radical (unpaired) electrons. The highest BCUT2D eigenvalue weighted by Gasteiger charge is 2.32. The van der Waals surface area contributed by atoms with Crippen LogP contribution in [-0.2, 0) is 4.79 Å². The summed E-state index contributed by atoms with van der Waals surface area (Å²) >= 11 is 0. The fourth-order valence-corrected chi connectivity index (χ4v) is 3.48. The maximum Gasteiger partial charge on any atom is 0.123 e. The number of aldehydes is 1. The summed E-state index contributed by atoms with van der Waals surface area (Å²) in [5, 5.41) is 9.75. The summed E-state index contributed by atoms with van der Waals surface area (Å²) in [4.78, 5) is 10.8. The summed E-state index contributed by atoms with van der Waals surface area (Å²) in [6.45, 7) is 0. The Bertz CT molecular complexity index is 209. The van der Waals surface area contributed by atoms with Crippen molar-refractivity contribution in [2.45, 2.75) is 57.5 Å². The lowest BCUT2D eigenvalue weighted by Crippen LogP contribution is -2.32. The van der Waals surface area contributed by atoms with E-state index in [0.29, 0.717) is 12.3 Å². The maximum absolute atomic E-state index is 10.8. The third kappa shape index (κ3) is 2.81. The van der Waals surface area contributed by atoms with E-state index in [4.69, 9.17) is 0 Å². The van der Waals surface area contributed by atoms with Crippen molar-refractivity contribution in [2.24, 2.45) is 17.8 Å². The van der Waals surface area contributed by atoms with Crippen LogP contribution in [0.1, 0.15) is 51.4 Å². The highest BCUT2D eigenvalue weighted by atomic mass is 16.3. The molecule has 0 aromatic carbocycles. The van der Waals surface area contributed by atoms with Crippen LogP contribution < -0.4 is 0 Å². The first-order chi connectivity index (χ1) is 7.29. The minimum absolute atomic E-state index is 0.126. The van der Waals surface area contributed by atoms with E-state index in [9.17, 15) is 9.90 Å². The fourth-order valence-electron chi connectivity index (χ4n) is 3.48.